The first-order valence-electron chi connectivity index (χ1n) is 12.3. The van der Waals surface area contributed by atoms with E-state index in [0.29, 0.717) is 29.3 Å². The second-order valence-corrected chi connectivity index (χ2v) is 9.24. The van der Waals surface area contributed by atoms with E-state index in [2.05, 4.69) is 43.4 Å². The highest BCUT2D eigenvalue weighted by molar-refractivity contribution is 6.06. The van der Waals surface area contributed by atoms with Crippen molar-refractivity contribution in [1.29, 1.82) is 0 Å². The molecule has 0 aromatic heterocycles. The number of carbonyl (C=O) groups is 2. The molecule has 0 aliphatic carbocycles. The zero-order valence-electron chi connectivity index (χ0n) is 21.6. The number of para-hydroxylation sites is 1. The smallest absolute Gasteiger partial charge is 0.303 e. The molecule has 0 bridgehead atoms. The molecule has 0 spiro atoms. The molecular formula is C30H35NO5. The van der Waals surface area contributed by atoms with Crippen molar-refractivity contribution >= 4 is 17.6 Å². The Hall–Kier alpha value is -3.80. The van der Waals surface area contributed by atoms with E-state index in [9.17, 15) is 9.59 Å². The molecule has 1 atom stereocenters. The number of anilines is 1. The van der Waals surface area contributed by atoms with Crippen molar-refractivity contribution in [2.24, 2.45) is 0 Å². The Morgan fingerprint density at radius 1 is 0.861 bits per heavy atom. The Kier molecular flexibility index (Phi) is 9.12. The molecule has 0 fully saturated rings. The van der Waals surface area contributed by atoms with E-state index < -0.39 is 5.97 Å². The maximum absolute atomic E-state index is 13.0. The second-order valence-electron chi connectivity index (χ2n) is 9.24. The molecule has 3 rings (SSSR count). The van der Waals surface area contributed by atoms with E-state index in [1.54, 1.807) is 24.3 Å². The fraction of sp³-hybridized carbons (Fsp3) is 0.333. The van der Waals surface area contributed by atoms with Crippen LogP contribution in [0.4, 0.5) is 5.69 Å². The van der Waals surface area contributed by atoms with E-state index in [1.165, 1.54) is 5.56 Å². The predicted molar refractivity (Wildman–Crippen MR) is 142 cm³/mol. The summed E-state index contributed by atoms with van der Waals surface area (Å²) >= 11 is 0. The van der Waals surface area contributed by atoms with Crippen molar-refractivity contribution in [3.63, 3.8) is 0 Å². The van der Waals surface area contributed by atoms with Gasteiger partial charge in [-0.2, -0.15) is 0 Å². The summed E-state index contributed by atoms with van der Waals surface area (Å²) in [7, 11) is 0. The molecule has 36 heavy (non-hydrogen) atoms. The van der Waals surface area contributed by atoms with Gasteiger partial charge in [-0.05, 0) is 79.6 Å². The normalized spacial score (nSPS) is 11.7. The molecule has 1 amide bonds. The summed E-state index contributed by atoms with van der Waals surface area (Å²) in [5.74, 6) is 0.512. The zero-order chi connectivity index (χ0) is 26.2. The number of ether oxygens (including phenoxy) is 2. The van der Waals surface area contributed by atoms with Gasteiger partial charge >= 0.3 is 5.97 Å². The lowest BCUT2D eigenvalue weighted by molar-refractivity contribution is -0.137. The van der Waals surface area contributed by atoms with Crippen molar-refractivity contribution in [3.8, 4) is 11.5 Å². The van der Waals surface area contributed by atoms with Crippen molar-refractivity contribution in [3.05, 3.63) is 88.5 Å². The maximum Gasteiger partial charge on any atom is 0.303 e. The lowest BCUT2D eigenvalue weighted by Gasteiger charge is -2.20. The third-order valence-electron chi connectivity index (χ3n) is 6.29. The lowest BCUT2D eigenvalue weighted by Crippen LogP contribution is -2.15. The van der Waals surface area contributed by atoms with Crippen LogP contribution >= 0.6 is 0 Å². The summed E-state index contributed by atoms with van der Waals surface area (Å²) in [5, 5.41) is 11.8. The number of rotatable bonds is 11. The zero-order valence-corrected chi connectivity index (χ0v) is 21.6. The Morgan fingerprint density at radius 3 is 2.19 bits per heavy atom. The summed E-state index contributed by atoms with van der Waals surface area (Å²) in [4.78, 5) is 23.8. The van der Waals surface area contributed by atoms with E-state index in [1.807, 2.05) is 32.9 Å². The Balaban J connectivity index is 1.69. The molecule has 0 aliphatic rings. The summed E-state index contributed by atoms with van der Waals surface area (Å²) in [6, 6.07) is 19.2. The van der Waals surface area contributed by atoms with Gasteiger partial charge in [0.1, 0.15) is 17.6 Å². The van der Waals surface area contributed by atoms with Crippen LogP contribution in [0.15, 0.2) is 60.7 Å². The van der Waals surface area contributed by atoms with Gasteiger partial charge in [0.15, 0.2) is 0 Å². The number of aliphatic carboxylic acids is 1. The minimum absolute atomic E-state index is 0.0170. The summed E-state index contributed by atoms with van der Waals surface area (Å²) in [5.41, 5.74) is 5.36. The molecule has 0 saturated heterocycles. The fourth-order valence-electron chi connectivity index (χ4n) is 3.84. The number of nitrogens with one attached hydrogen (secondary N) is 1. The van der Waals surface area contributed by atoms with Crippen LogP contribution in [0.2, 0.25) is 0 Å². The van der Waals surface area contributed by atoms with Gasteiger partial charge < -0.3 is 19.9 Å². The SMILES string of the molecule is Cc1c(NC(=O)c2ccccc2OCCCC(=O)O)ccc(OC(C)c2ccc(C(C)C)cc2)c1C. The van der Waals surface area contributed by atoms with Crippen molar-refractivity contribution in [2.75, 3.05) is 11.9 Å². The largest absolute Gasteiger partial charge is 0.493 e. The molecule has 3 aromatic rings. The average Bonchev–Trinajstić information content (AvgIpc) is 2.86. The Labute approximate surface area is 213 Å². The molecule has 0 saturated carbocycles. The third kappa shape index (κ3) is 6.87. The predicted octanol–water partition coefficient (Wildman–Crippen LogP) is 7.06. The minimum Gasteiger partial charge on any atom is -0.493 e. The summed E-state index contributed by atoms with van der Waals surface area (Å²) < 4.78 is 12.0. The topological polar surface area (TPSA) is 84.9 Å². The monoisotopic (exact) mass is 489 g/mol. The van der Waals surface area contributed by atoms with Gasteiger partial charge in [0.25, 0.3) is 5.91 Å². The lowest BCUT2D eigenvalue weighted by atomic mass is 10.0. The highest BCUT2D eigenvalue weighted by Crippen LogP contribution is 2.32. The summed E-state index contributed by atoms with van der Waals surface area (Å²) in [6.07, 6.45) is 0.268. The molecule has 0 radical (unpaired) electrons. The Bertz CT molecular complexity index is 1200. The van der Waals surface area contributed by atoms with Crippen LogP contribution in [0.25, 0.3) is 0 Å². The van der Waals surface area contributed by atoms with Crippen LogP contribution in [-0.2, 0) is 4.79 Å². The van der Waals surface area contributed by atoms with Crippen molar-refractivity contribution < 1.29 is 24.2 Å². The highest BCUT2D eigenvalue weighted by atomic mass is 16.5. The van der Waals surface area contributed by atoms with E-state index in [0.717, 1.165) is 22.4 Å². The Morgan fingerprint density at radius 2 is 1.53 bits per heavy atom. The first kappa shape index (κ1) is 26.8. The van der Waals surface area contributed by atoms with Crippen LogP contribution in [0.1, 0.15) is 78.2 Å². The number of carboxylic acids is 1. The van der Waals surface area contributed by atoms with Gasteiger partial charge in [0, 0.05) is 12.1 Å². The molecule has 1 unspecified atom stereocenters. The standard InChI is InChI=1S/C30H35NO5/c1-19(2)23-12-14-24(15-13-23)22(5)36-27-17-16-26(20(3)21(27)4)31-30(34)25-9-6-7-10-28(25)35-18-8-11-29(32)33/h6-7,9-10,12-17,19,22H,8,11,18H2,1-5H3,(H,31,34)(H,32,33). The van der Waals surface area contributed by atoms with Gasteiger partial charge in [-0.15, -0.1) is 0 Å². The van der Waals surface area contributed by atoms with E-state index >= 15 is 0 Å². The van der Waals surface area contributed by atoms with Crippen LogP contribution in [-0.4, -0.2) is 23.6 Å². The van der Waals surface area contributed by atoms with Gasteiger partial charge in [-0.25, -0.2) is 0 Å². The number of amides is 1. The molecule has 6 heteroatoms. The van der Waals surface area contributed by atoms with Gasteiger partial charge in [-0.3, -0.25) is 9.59 Å². The number of benzene rings is 3. The number of carbonyl (C=O) groups excluding carboxylic acids is 1. The quantitative estimate of drug-likeness (QED) is 0.282. The van der Waals surface area contributed by atoms with Crippen LogP contribution < -0.4 is 14.8 Å². The van der Waals surface area contributed by atoms with E-state index in [-0.39, 0.29) is 25.0 Å². The molecule has 6 nitrogen and oxygen atoms in total. The average molecular weight is 490 g/mol. The van der Waals surface area contributed by atoms with Crippen LogP contribution in [0, 0.1) is 13.8 Å². The minimum atomic E-state index is -0.874. The van der Waals surface area contributed by atoms with Crippen LogP contribution in [0.5, 0.6) is 11.5 Å². The fourth-order valence-corrected chi connectivity index (χ4v) is 3.84. The third-order valence-corrected chi connectivity index (χ3v) is 6.29. The highest BCUT2D eigenvalue weighted by Gasteiger charge is 2.17. The number of carboxylic acid groups (broad SMARTS) is 1. The second kappa shape index (κ2) is 12.2. The molecular weight excluding hydrogens is 454 g/mol. The van der Waals surface area contributed by atoms with Crippen molar-refractivity contribution in [2.45, 2.75) is 59.5 Å². The van der Waals surface area contributed by atoms with Gasteiger partial charge in [-0.1, -0.05) is 50.2 Å². The molecule has 0 aliphatic heterocycles. The van der Waals surface area contributed by atoms with Gasteiger partial charge in [0.05, 0.1) is 12.2 Å². The summed E-state index contributed by atoms with van der Waals surface area (Å²) in [6.45, 7) is 10.5. The van der Waals surface area contributed by atoms with Crippen LogP contribution in [0.3, 0.4) is 0 Å². The number of hydrogen-bond acceptors (Lipinski definition) is 4. The number of hydrogen-bond donors (Lipinski definition) is 2. The molecule has 190 valence electrons. The molecule has 2 N–H and O–H groups in total. The molecule has 3 aromatic carbocycles. The van der Waals surface area contributed by atoms with Crippen molar-refractivity contribution in [1.82, 2.24) is 0 Å². The van der Waals surface area contributed by atoms with E-state index in [4.69, 9.17) is 14.6 Å². The first-order chi connectivity index (χ1) is 17.2. The molecule has 0 heterocycles. The van der Waals surface area contributed by atoms with Gasteiger partial charge in [0.2, 0.25) is 0 Å². The maximum atomic E-state index is 13.0. The first-order valence-corrected chi connectivity index (χ1v) is 12.3.